The third kappa shape index (κ3) is 3.07. The van der Waals surface area contributed by atoms with E-state index < -0.39 is 0 Å². The van der Waals surface area contributed by atoms with Crippen molar-refractivity contribution in [3.8, 4) is 0 Å². The maximum atomic E-state index is 4.39. The van der Waals surface area contributed by atoms with Gasteiger partial charge in [-0.25, -0.2) is 9.97 Å². The predicted molar refractivity (Wildman–Crippen MR) is 58.2 cm³/mol. The molecule has 0 saturated carbocycles. The van der Waals surface area contributed by atoms with Crippen LogP contribution in [0.4, 0.5) is 0 Å². The van der Waals surface area contributed by atoms with E-state index in [0.29, 0.717) is 12.0 Å². The predicted octanol–water partition coefficient (Wildman–Crippen LogP) is 1.57. The summed E-state index contributed by atoms with van der Waals surface area (Å²) in [5.74, 6) is 1.53. The lowest BCUT2D eigenvalue weighted by Crippen LogP contribution is -2.33. The topological polar surface area (TPSA) is 37.8 Å². The van der Waals surface area contributed by atoms with E-state index in [9.17, 15) is 0 Å². The van der Waals surface area contributed by atoms with Gasteiger partial charge < -0.3 is 5.32 Å². The summed E-state index contributed by atoms with van der Waals surface area (Å²) in [5, 5.41) is 3.29. The fourth-order valence-corrected chi connectivity index (χ4v) is 1.47. The summed E-state index contributed by atoms with van der Waals surface area (Å²) in [7, 11) is 1.99. The monoisotopic (exact) mass is 193 g/mol. The molecule has 1 heterocycles. The Hall–Kier alpha value is -0.960. The van der Waals surface area contributed by atoms with Crippen LogP contribution in [-0.2, 0) is 6.42 Å². The number of nitrogens with zero attached hydrogens (tertiary/aromatic N) is 2. The van der Waals surface area contributed by atoms with Gasteiger partial charge in [-0.1, -0.05) is 13.8 Å². The van der Waals surface area contributed by atoms with Crippen molar-refractivity contribution in [1.29, 1.82) is 0 Å². The highest BCUT2D eigenvalue weighted by Crippen LogP contribution is 2.06. The molecule has 0 radical (unpaired) electrons. The van der Waals surface area contributed by atoms with Gasteiger partial charge in [0.05, 0.1) is 0 Å². The van der Waals surface area contributed by atoms with E-state index in [1.807, 2.05) is 26.2 Å². The lowest BCUT2D eigenvalue weighted by molar-refractivity contribution is 0.417. The van der Waals surface area contributed by atoms with Crippen LogP contribution in [0, 0.1) is 12.8 Å². The Kier molecular flexibility index (Phi) is 4.01. The van der Waals surface area contributed by atoms with Crippen LogP contribution < -0.4 is 5.32 Å². The average molecular weight is 193 g/mol. The number of rotatable bonds is 4. The molecule has 1 unspecified atom stereocenters. The van der Waals surface area contributed by atoms with Gasteiger partial charge in [-0.2, -0.15) is 0 Å². The zero-order valence-electron chi connectivity index (χ0n) is 9.41. The van der Waals surface area contributed by atoms with E-state index in [-0.39, 0.29) is 0 Å². The third-order valence-corrected chi connectivity index (χ3v) is 2.42. The summed E-state index contributed by atoms with van der Waals surface area (Å²) >= 11 is 0. The second-order valence-corrected chi connectivity index (χ2v) is 3.96. The van der Waals surface area contributed by atoms with Crippen LogP contribution in [0.5, 0.6) is 0 Å². The smallest absolute Gasteiger partial charge is 0.130 e. The Morgan fingerprint density at radius 3 is 2.64 bits per heavy atom. The summed E-state index contributed by atoms with van der Waals surface area (Å²) in [5.41, 5.74) is 1.04. The molecule has 0 fully saturated rings. The molecule has 14 heavy (non-hydrogen) atoms. The van der Waals surface area contributed by atoms with Gasteiger partial charge in [0.1, 0.15) is 5.82 Å². The quantitative estimate of drug-likeness (QED) is 0.788. The van der Waals surface area contributed by atoms with Crippen molar-refractivity contribution in [3.63, 3.8) is 0 Å². The highest BCUT2D eigenvalue weighted by molar-refractivity contribution is 5.01. The fourth-order valence-electron chi connectivity index (χ4n) is 1.47. The molecule has 1 aromatic heterocycles. The van der Waals surface area contributed by atoms with E-state index >= 15 is 0 Å². The van der Waals surface area contributed by atoms with Crippen molar-refractivity contribution in [1.82, 2.24) is 15.3 Å². The summed E-state index contributed by atoms with van der Waals surface area (Å²) in [6, 6.07) is 2.38. The summed E-state index contributed by atoms with van der Waals surface area (Å²) in [6.07, 6.45) is 2.72. The number of aryl methyl sites for hydroxylation is 1. The van der Waals surface area contributed by atoms with Gasteiger partial charge in [-0.3, -0.25) is 0 Å². The molecule has 78 valence electrons. The van der Waals surface area contributed by atoms with Crippen molar-refractivity contribution in [2.75, 3.05) is 7.05 Å². The van der Waals surface area contributed by atoms with Crippen molar-refractivity contribution in [3.05, 3.63) is 23.8 Å². The maximum absolute atomic E-state index is 4.39. The van der Waals surface area contributed by atoms with Gasteiger partial charge in [0.2, 0.25) is 0 Å². The average Bonchev–Trinajstić information content (AvgIpc) is 2.14. The Labute approximate surface area is 86.0 Å². The largest absolute Gasteiger partial charge is 0.316 e. The van der Waals surface area contributed by atoms with Gasteiger partial charge in [0.15, 0.2) is 0 Å². The van der Waals surface area contributed by atoms with Crippen LogP contribution in [0.1, 0.15) is 25.4 Å². The van der Waals surface area contributed by atoms with Crippen molar-refractivity contribution in [2.45, 2.75) is 33.2 Å². The molecule has 1 aromatic rings. The number of hydrogen-bond donors (Lipinski definition) is 1. The Morgan fingerprint density at radius 2 is 2.14 bits per heavy atom. The zero-order valence-corrected chi connectivity index (χ0v) is 9.41. The molecular weight excluding hydrogens is 174 g/mol. The minimum Gasteiger partial charge on any atom is -0.316 e. The molecule has 3 heteroatoms. The van der Waals surface area contributed by atoms with Gasteiger partial charge in [0.25, 0.3) is 0 Å². The molecule has 0 aliphatic heterocycles. The van der Waals surface area contributed by atoms with Crippen molar-refractivity contribution in [2.24, 2.45) is 5.92 Å². The van der Waals surface area contributed by atoms with Gasteiger partial charge in [-0.15, -0.1) is 0 Å². The Bertz CT molecular complexity index is 284. The number of nitrogens with one attached hydrogen (secondary N) is 1. The van der Waals surface area contributed by atoms with Crippen LogP contribution in [0.15, 0.2) is 12.3 Å². The maximum Gasteiger partial charge on any atom is 0.130 e. The van der Waals surface area contributed by atoms with Gasteiger partial charge in [0, 0.05) is 24.4 Å². The fraction of sp³-hybridized carbons (Fsp3) is 0.636. The highest BCUT2D eigenvalue weighted by atomic mass is 14.9. The SMILES string of the molecule is CNC(Cc1nccc(C)n1)C(C)C. The van der Waals surface area contributed by atoms with Crippen LogP contribution in [0.25, 0.3) is 0 Å². The number of hydrogen-bond acceptors (Lipinski definition) is 3. The van der Waals surface area contributed by atoms with Crippen LogP contribution in [0.3, 0.4) is 0 Å². The molecule has 0 amide bonds. The molecule has 0 spiro atoms. The minimum atomic E-state index is 0.455. The molecule has 3 nitrogen and oxygen atoms in total. The van der Waals surface area contributed by atoms with E-state index in [1.165, 1.54) is 0 Å². The molecule has 0 saturated heterocycles. The van der Waals surface area contributed by atoms with Crippen molar-refractivity contribution >= 4 is 0 Å². The zero-order chi connectivity index (χ0) is 10.6. The van der Waals surface area contributed by atoms with Crippen LogP contribution in [-0.4, -0.2) is 23.1 Å². The normalized spacial score (nSPS) is 13.2. The Morgan fingerprint density at radius 1 is 1.43 bits per heavy atom. The van der Waals surface area contributed by atoms with E-state index in [1.54, 1.807) is 0 Å². The summed E-state index contributed by atoms with van der Waals surface area (Å²) in [4.78, 5) is 8.65. The van der Waals surface area contributed by atoms with Gasteiger partial charge >= 0.3 is 0 Å². The lowest BCUT2D eigenvalue weighted by atomic mass is 10.0. The molecule has 0 bridgehead atoms. The highest BCUT2D eigenvalue weighted by Gasteiger charge is 2.12. The van der Waals surface area contributed by atoms with Crippen LogP contribution >= 0.6 is 0 Å². The van der Waals surface area contributed by atoms with Crippen molar-refractivity contribution < 1.29 is 0 Å². The molecule has 1 N–H and O–H groups in total. The summed E-state index contributed by atoms with van der Waals surface area (Å²) < 4.78 is 0. The van der Waals surface area contributed by atoms with E-state index in [0.717, 1.165) is 17.9 Å². The number of aromatic nitrogens is 2. The molecule has 0 aromatic carbocycles. The first-order valence-electron chi connectivity index (χ1n) is 5.09. The van der Waals surface area contributed by atoms with E-state index in [4.69, 9.17) is 0 Å². The lowest BCUT2D eigenvalue weighted by Gasteiger charge is -2.19. The second-order valence-electron chi connectivity index (χ2n) is 3.96. The van der Waals surface area contributed by atoms with Crippen LogP contribution in [0.2, 0.25) is 0 Å². The first-order chi connectivity index (χ1) is 6.63. The molecular formula is C11H19N3. The molecule has 0 aliphatic rings. The third-order valence-electron chi connectivity index (χ3n) is 2.42. The number of likely N-dealkylation sites (N-methyl/N-ethyl adjacent to an activating group) is 1. The first-order valence-corrected chi connectivity index (χ1v) is 5.09. The Balaban J connectivity index is 2.67. The summed E-state index contributed by atoms with van der Waals surface area (Å²) in [6.45, 7) is 6.41. The molecule has 0 aliphatic carbocycles. The van der Waals surface area contributed by atoms with Gasteiger partial charge in [-0.05, 0) is 26.0 Å². The molecule has 1 rings (SSSR count). The molecule has 1 atom stereocenters. The first kappa shape index (κ1) is 11.1. The second kappa shape index (κ2) is 5.05. The standard InChI is InChI=1S/C11H19N3/c1-8(2)10(12-4)7-11-13-6-5-9(3)14-11/h5-6,8,10,12H,7H2,1-4H3. The minimum absolute atomic E-state index is 0.455. The van der Waals surface area contributed by atoms with E-state index in [2.05, 4.69) is 29.1 Å².